The summed E-state index contributed by atoms with van der Waals surface area (Å²) >= 11 is 0. The highest BCUT2D eigenvalue weighted by Crippen LogP contribution is 2.12. The van der Waals surface area contributed by atoms with Crippen LogP contribution in [0.3, 0.4) is 0 Å². The first-order valence-electron chi connectivity index (χ1n) is 8.41. The topological polar surface area (TPSA) is 0 Å². The van der Waals surface area contributed by atoms with Crippen molar-refractivity contribution in [2.45, 2.75) is 103 Å². The molecule has 0 radical (unpaired) electrons. The molecule has 0 saturated heterocycles. The van der Waals surface area contributed by atoms with E-state index in [1.54, 1.807) is 0 Å². The number of rotatable bonds is 14. The van der Waals surface area contributed by atoms with Gasteiger partial charge in [-0.3, -0.25) is 4.70 Å². The van der Waals surface area contributed by atoms with E-state index in [-0.39, 0.29) is 4.70 Å². The van der Waals surface area contributed by atoms with Crippen molar-refractivity contribution >= 4 is 10.2 Å². The molecule has 0 heterocycles. The molecule has 0 unspecified atom stereocenters. The van der Waals surface area contributed by atoms with E-state index >= 15 is 0 Å². The molecule has 0 aliphatic heterocycles. The van der Waals surface area contributed by atoms with Gasteiger partial charge in [0, 0.05) is 10.2 Å². The lowest BCUT2D eigenvalue weighted by Crippen LogP contribution is -1.83. The number of hydrogen-bond acceptors (Lipinski definition) is 0. The molecule has 18 heavy (non-hydrogen) atoms. The Morgan fingerprint density at radius 3 is 1.06 bits per heavy atom. The molecule has 0 amide bonds. The lowest BCUT2D eigenvalue weighted by molar-refractivity contribution is 0.538. The van der Waals surface area contributed by atoms with Crippen LogP contribution >= 0.6 is 0 Å². The molecule has 0 aliphatic carbocycles. The number of hydrogen-bond donors (Lipinski definition) is 0. The molecule has 2 heteroatoms. The van der Waals surface area contributed by atoms with Gasteiger partial charge in [-0.1, -0.05) is 103 Å². The van der Waals surface area contributed by atoms with Crippen LogP contribution in [0, 0.1) is 0 Å². The standard InChI is InChI=1S/C16H36Si.FH/c1-2-3-4-5-6-7-8-9-10-11-12-13-14-15-16-17;/h2-16H2,1,17H3;1H. The Balaban J connectivity index is 0. The number of unbranched alkanes of at least 4 members (excludes halogenated alkanes) is 13. The van der Waals surface area contributed by atoms with Gasteiger partial charge in [0.2, 0.25) is 0 Å². The van der Waals surface area contributed by atoms with Crippen molar-refractivity contribution in [2.24, 2.45) is 0 Å². The summed E-state index contributed by atoms with van der Waals surface area (Å²) < 4.78 is 0. The van der Waals surface area contributed by atoms with Crippen LogP contribution < -0.4 is 0 Å². The Morgan fingerprint density at radius 1 is 0.500 bits per heavy atom. The molecule has 0 bridgehead atoms. The summed E-state index contributed by atoms with van der Waals surface area (Å²) in [7, 11) is 1.41. The predicted octanol–water partition coefficient (Wildman–Crippen LogP) is 5.40. The van der Waals surface area contributed by atoms with Crippen LogP contribution in [0.4, 0.5) is 4.70 Å². The molecule has 0 atom stereocenters. The van der Waals surface area contributed by atoms with Crippen LogP contribution in [0.1, 0.15) is 96.8 Å². The molecule has 112 valence electrons. The van der Waals surface area contributed by atoms with Crippen molar-refractivity contribution in [2.75, 3.05) is 0 Å². The van der Waals surface area contributed by atoms with Crippen LogP contribution in [0.15, 0.2) is 0 Å². The maximum Gasteiger partial charge on any atom is 0.00279 e. The fourth-order valence-corrected chi connectivity index (χ4v) is 2.94. The summed E-state index contributed by atoms with van der Waals surface area (Å²) in [5, 5.41) is 0. The fraction of sp³-hybridized carbons (Fsp3) is 1.00. The van der Waals surface area contributed by atoms with Crippen molar-refractivity contribution in [3.63, 3.8) is 0 Å². The Hall–Kier alpha value is 0.147. The minimum absolute atomic E-state index is 0. The second-order valence-corrected chi connectivity index (χ2v) is 6.60. The normalized spacial score (nSPS) is 10.5. The highest BCUT2D eigenvalue weighted by atomic mass is 28.1. The largest absolute Gasteiger partial charge is 0.269 e. The summed E-state index contributed by atoms with van der Waals surface area (Å²) in [6.45, 7) is 2.29. The minimum atomic E-state index is 0. The maximum absolute atomic E-state index is 2.29. The van der Waals surface area contributed by atoms with Gasteiger partial charge in [0.1, 0.15) is 0 Å². The minimum Gasteiger partial charge on any atom is -0.269 e. The highest BCUT2D eigenvalue weighted by Gasteiger charge is 1.93. The lowest BCUT2D eigenvalue weighted by Gasteiger charge is -2.02. The summed E-state index contributed by atoms with van der Waals surface area (Å²) in [4.78, 5) is 0. The van der Waals surface area contributed by atoms with E-state index in [2.05, 4.69) is 6.92 Å². The molecular formula is C16H37FSi. The van der Waals surface area contributed by atoms with E-state index in [4.69, 9.17) is 0 Å². The van der Waals surface area contributed by atoms with Gasteiger partial charge >= 0.3 is 0 Å². The molecule has 0 rings (SSSR count). The van der Waals surface area contributed by atoms with E-state index in [0.717, 1.165) is 0 Å². The second-order valence-electron chi connectivity index (χ2n) is 5.60. The molecule has 0 aliphatic rings. The Morgan fingerprint density at radius 2 is 0.778 bits per heavy atom. The van der Waals surface area contributed by atoms with E-state index < -0.39 is 0 Å². The zero-order valence-corrected chi connectivity index (χ0v) is 15.0. The van der Waals surface area contributed by atoms with Gasteiger partial charge in [-0.05, 0) is 0 Å². The Bertz CT molecular complexity index is 114. The second kappa shape index (κ2) is 19.5. The monoisotopic (exact) mass is 276 g/mol. The molecule has 0 spiro atoms. The third kappa shape index (κ3) is 18.5. The third-order valence-electron chi connectivity index (χ3n) is 3.71. The van der Waals surface area contributed by atoms with Gasteiger partial charge in [-0.2, -0.15) is 0 Å². The summed E-state index contributed by atoms with van der Waals surface area (Å²) in [6, 6.07) is 1.51. The SMILES string of the molecule is CCCCCCCCCCCCCCCC[SiH3].F. The Kier molecular flexibility index (Phi) is 22.2. The molecular weight excluding hydrogens is 239 g/mol. The van der Waals surface area contributed by atoms with Crippen LogP contribution in [-0.2, 0) is 0 Å². The van der Waals surface area contributed by atoms with E-state index in [0.29, 0.717) is 0 Å². The zero-order chi connectivity index (χ0) is 12.6. The predicted molar refractivity (Wildman–Crippen MR) is 87.6 cm³/mol. The van der Waals surface area contributed by atoms with Crippen molar-refractivity contribution in [3.05, 3.63) is 0 Å². The first-order valence-corrected chi connectivity index (χ1v) is 9.83. The van der Waals surface area contributed by atoms with Gasteiger partial charge in [-0.15, -0.1) is 0 Å². The van der Waals surface area contributed by atoms with Gasteiger partial charge in [0.05, 0.1) is 0 Å². The van der Waals surface area contributed by atoms with Crippen LogP contribution in [0.2, 0.25) is 6.04 Å². The number of halogens is 1. The maximum atomic E-state index is 2.29. The van der Waals surface area contributed by atoms with Gasteiger partial charge in [0.15, 0.2) is 0 Å². The van der Waals surface area contributed by atoms with Crippen LogP contribution in [0.5, 0.6) is 0 Å². The van der Waals surface area contributed by atoms with Crippen molar-refractivity contribution in [3.8, 4) is 0 Å². The van der Waals surface area contributed by atoms with E-state index in [1.165, 1.54) is 106 Å². The highest BCUT2D eigenvalue weighted by molar-refractivity contribution is 6.08. The van der Waals surface area contributed by atoms with Crippen molar-refractivity contribution in [1.82, 2.24) is 0 Å². The molecule has 0 N–H and O–H groups in total. The third-order valence-corrected chi connectivity index (χ3v) is 4.41. The van der Waals surface area contributed by atoms with E-state index in [9.17, 15) is 0 Å². The van der Waals surface area contributed by atoms with Crippen molar-refractivity contribution in [1.29, 1.82) is 0 Å². The molecule has 0 saturated carbocycles. The smallest absolute Gasteiger partial charge is 0.00279 e. The van der Waals surface area contributed by atoms with E-state index in [1.807, 2.05) is 0 Å². The van der Waals surface area contributed by atoms with Crippen LogP contribution in [-0.4, -0.2) is 10.2 Å². The zero-order valence-electron chi connectivity index (χ0n) is 13.0. The van der Waals surface area contributed by atoms with Gasteiger partial charge in [0.25, 0.3) is 0 Å². The molecule has 0 fully saturated rings. The molecule has 0 nitrogen and oxygen atoms in total. The Labute approximate surface area is 118 Å². The molecule has 0 aromatic carbocycles. The lowest BCUT2D eigenvalue weighted by atomic mass is 10.0. The molecule has 0 aromatic rings. The van der Waals surface area contributed by atoms with Gasteiger partial charge < -0.3 is 0 Å². The summed E-state index contributed by atoms with van der Waals surface area (Å²) in [5.74, 6) is 0. The fourth-order valence-electron chi connectivity index (χ4n) is 2.44. The van der Waals surface area contributed by atoms with Gasteiger partial charge in [-0.25, -0.2) is 0 Å². The quantitative estimate of drug-likeness (QED) is 0.294. The molecule has 0 aromatic heterocycles. The summed E-state index contributed by atoms with van der Waals surface area (Å²) in [6.07, 6.45) is 20.7. The van der Waals surface area contributed by atoms with Crippen molar-refractivity contribution < 1.29 is 4.70 Å². The van der Waals surface area contributed by atoms with Crippen LogP contribution in [0.25, 0.3) is 0 Å². The summed E-state index contributed by atoms with van der Waals surface area (Å²) in [5.41, 5.74) is 0. The first-order chi connectivity index (χ1) is 8.41. The average Bonchev–Trinajstić information content (AvgIpc) is 2.35. The first kappa shape index (κ1) is 20.5. The average molecular weight is 277 g/mol.